The largest absolute Gasteiger partial charge is 0.707 e. The van der Waals surface area contributed by atoms with E-state index in [1.807, 2.05) is 20.8 Å². The highest BCUT2D eigenvalue weighted by Gasteiger charge is 2.42. The molecule has 0 radical (unpaired) electrons. The van der Waals surface area contributed by atoms with Gasteiger partial charge < -0.3 is 19.4 Å². The summed E-state index contributed by atoms with van der Waals surface area (Å²) in [6.07, 6.45) is 3.66. The standard InChI is InChI=1S/C12H20BNO5/c1-12(2,3)18-11(15)14-8-4-5-9(14)7-10(6-8)19-13(16)17/h6,8-9,16-17H,4-5,7H2,1-3H3. The van der Waals surface area contributed by atoms with Crippen LogP contribution in [-0.2, 0) is 9.39 Å². The molecule has 1 saturated heterocycles. The molecule has 19 heavy (non-hydrogen) atoms. The first kappa shape index (κ1) is 14.2. The first-order valence-corrected chi connectivity index (χ1v) is 6.51. The zero-order valence-electron chi connectivity index (χ0n) is 11.5. The minimum Gasteiger partial charge on any atom is -0.516 e. The molecule has 2 rings (SSSR count). The predicted molar refractivity (Wildman–Crippen MR) is 68.9 cm³/mol. The van der Waals surface area contributed by atoms with Crippen LogP contribution in [0.25, 0.3) is 0 Å². The molecule has 2 bridgehead atoms. The van der Waals surface area contributed by atoms with Crippen molar-refractivity contribution in [3.8, 4) is 0 Å². The van der Waals surface area contributed by atoms with Crippen LogP contribution >= 0.6 is 0 Å². The van der Waals surface area contributed by atoms with E-state index in [1.54, 1.807) is 11.0 Å². The summed E-state index contributed by atoms with van der Waals surface area (Å²) in [5, 5.41) is 17.6. The second-order valence-corrected chi connectivity index (χ2v) is 5.97. The maximum Gasteiger partial charge on any atom is 0.707 e. The summed E-state index contributed by atoms with van der Waals surface area (Å²) < 4.78 is 10.3. The van der Waals surface area contributed by atoms with E-state index in [4.69, 9.17) is 19.4 Å². The van der Waals surface area contributed by atoms with Gasteiger partial charge in [0, 0.05) is 12.5 Å². The number of fused-ring (bicyclic) bond motifs is 2. The molecule has 2 heterocycles. The van der Waals surface area contributed by atoms with E-state index in [0.717, 1.165) is 12.8 Å². The Morgan fingerprint density at radius 1 is 1.42 bits per heavy atom. The average molecular weight is 269 g/mol. The van der Waals surface area contributed by atoms with Crippen LogP contribution in [0.4, 0.5) is 4.79 Å². The number of amides is 1. The van der Waals surface area contributed by atoms with Crippen LogP contribution < -0.4 is 0 Å². The van der Waals surface area contributed by atoms with Crippen molar-refractivity contribution in [2.75, 3.05) is 0 Å². The second kappa shape index (κ2) is 5.05. The second-order valence-electron chi connectivity index (χ2n) is 5.97. The molecule has 0 spiro atoms. The summed E-state index contributed by atoms with van der Waals surface area (Å²) in [6, 6.07) is -0.0686. The maximum absolute atomic E-state index is 12.1. The highest BCUT2D eigenvalue weighted by atomic mass is 16.6. The first-order chi connectivity index (χ1) is 8.76. The normalized spacial score (nSPS) is 25.9. The van der Waals surface area contributed by atoms with Gasteiger partial charge in [-0.3, -0.25) is 4.90 Å². The third-order valence-electron chi connectivity index (χ3n) is 3.22. The van der Waals surface area contributed by atoms with E-state index in [2.05, 4.69) is 0 Å². The molecule has 0 aromatic heterocycles. The Balaban J connectivity index is 2.06. The lowest BCUT2D eigenvalue weighted by molar-refractivity contribution is 0.0151. The van der Waals surface area contributed by atoms with E-state index in [-0.39, 0.29) is 18.2 Å². The molecule has 2 unspecified atom stereocenters. The van der Waals surface area contributed by atoms with E-state index >= 15 is 0 Å². The SMILES string of the molecule is CC(C)(C)OC(=O)N1C2C=C(OB(O)O)CC1CC2. The zero-order valence-corrected chi connectivity index (χ0v) is 11.5. The van der Waals surface area contributed by atoms with Crippen LogP contribution in [0.1, 0.15) is 40.0 Å². The molecule has 7 heteroatoms. The molecule has 2 N–H and O–H groups in total. The van der Waals surface area contributed by atoms with Gasteiger partial charge in [-0.05, 0) is 39.7 Å². The summed E-state index contributed by atoms with van der Waals surface area (Å²) in [6.45, 7) is 5.51. The van der Waals surface area contributed by atoms with Gasteiger partial charge in [-0.15, -0.1) is 0 Å². The Morgan fingerprint density at radius 3 is 2.63 bits per heavy atom. The summed E-state index contributed by atoms with van der Waals surface area (Å²) in [7, 11) is -1.81. The van der Waals surface area contributed by atoms with E-state index in [1.165, 1.54) is 0 Å². The van der Waals surface area contributed by atoms with Crippen LogP contribution in [0.3, 0.4) is 0 Å². The number of nitrogens with zero attached hydrogens (tertiary/aromatic N) is 1. The van der Waals surface area contributed by atoms with Crippen LogP contribution in [0, 0.1) is 0 Å². The van der Waals surface area contributed by atoms with Crippen molar-refractivity contribution < 1.29 is 24.2 Å². The topological polar surface area (TPSA) is 79.2 Å². The lowest BCUT2D eigenvalue weighted by atomic mass is 10.1. The van der Waals surface area contributed by atoms with Crippen LogP contribution in [0.5, 0.6) is 0 Å². The van der Waals surface area contributed by atoms with Gasteiger partial charge >= 0.3 is 13.4 Å². The van der Waals surface area contributed by atoms with Gasteiger partial charge in [0.25, 0.3) is 0 Å². The maximum atomic E-state index is 12.1. The van der Waals surface area contributed by atoms with Crippen molar-refractivity contribution in [2.24, 2.45) is 0 Å². The number of rotatable bonds is 2. The third kappa shape index (κ3) is 3.42. The fourth-order valence-corrected chi connectivity index (χ4v) is 2.61. The molecule has 2 aliphatic rings. The van der Waals surface area contributed by atoms with Crippen molar-refractivity contribution >= 4 is 13.4 Å². The Hall–Kier alpha value is -1.21. The Bertz CT molecular complexity index is 390. The Morgan fingerprint density at radius 2 is 2.11 bits per heavy atom. The minimum atomic E-state index is -1.81. The average Bonchev–Trinajstić information content (AvgIpc) is 2.47. The molecule has 1 amide bonds. The molecular formula is C12H20BNO5. The molecule has 1 fully saturated rings. The number of carbonyl (C=O) groups excluding carboxylic acids is 1. The smallest absolute Gasteiger partial charge is 0.516 e. The van der Waals surface area contributed by atoms with E-state index in [9.17, 15) is 4.79 Å². The van der Waals surface area contributed by atoms with Crippen molar-refractivity contribution in [3.05, 3.63) is 11.8 Å². The molecule has 2 aliphatic heterocycles. The van der Waals surface area contributed by atoms with Gasteiger partial charge in [0.15, 0.2) is 0 Å². The summed E-state index contributed by atoms with van der Waals surface area (Å²) in [5.41, 5.74) is -0.516. The highest BCUT2D eigenvalue weighted by Crippen LogP contribution is 2.36. The fraction of sp³-hybridized carbons (Fsp3) is 0.750. The van der Waals surface area contributed by atoms with E-state index < -0.39 is 12.9 Å². The van der Waals surface area contributed by atoms with Gasteiger partial charge in [0.05, 0.1) is 11.8 Å². The van der Waals surface area contributed by atoms with Crippen molar-refractivity contribution in [3.63, 3.8) is 0 Å². The zero-order chi connectivity index (χ0) is 14.2. The van der Waals surface area contributed by atoms with Crippen molar-refractivity contribution in [1.82, 2.24) is 4.90 Å². The van der Waals surface area contributed by atoms with Crippen molar-refractivity contribution in [1.29, 1.82) is 0 Å². The fourth-order valence-electron chi connectivity index (χ4n) is 2.61. The monoisotopic (exact) mass is 269 g/mol. The Labute approximate surface area is 113 Å². The van der Waals surface area contributed by atoms with Gasteiger partial charge in [0.2, 0.25) is 0 Å². The van der Waals surface area contributed by atoms with Gasteiger partial charge in [-0.2, -0.15) is 0 Å². The van der Waals surface area contributed by atoms with Crippen molar-refractivity contribution in [2.45, 2.75) is 57.7 Å². The van der Waals surface area contributed by atoms with Gasteiger partial charge in [-0.25, -0.2) is 4.79 Å². The number of hydrogen-bond donors (Lipinski definition) is 2. The lowest BCUT2D eigenvalue weighted by Crippen LogP contribution is -2.46. The molecular weight excluding hydrogens is 249 g/mol. The summed E-state index contributed by atoms with van der Waals surface area (Å²) in [4.78, 5) is 13.9. The molecule has 0 aromatic carbocycles. The first-order valence-electron chi connectivity index (χ1n) is 6.51. The quantitative estimate of drug-likeness (QED) is 0.732. The summed E-state index contributed by atoms with van der Waals surface area (Å²) in [5.74, 6) is 0.530. The summed E-state index contributed by atoms with van der Waals surface area (Å²) >= 11 is 0. The number of ether oxygens (including phenoxy) is 1. The molecule has 6 nitrogen and oxygen atoms in total. The van der Waals surface area contributed by atoms with Gasteiger partial charge in [-0.1, -0.05) is 0 Å². The highest BCUT2D eigenvalue weighted by molar-refractivity contribution is 6.33. The van der Waals surface area contributed by atoms with Crippen LogP contribution in [-0.4, -0.2) is 46.0 Å². The van der Waals surface area contributed by atoms with Gasteiger partial charge in [0.1, 0.15) is 5.60 Å². The number of carbonyl (C=O) groups is 1. The van der Waals surface area contributed by atoms with Crippen LogP contribution in [0.2, 0.25) is 0 Å². The lowest BCUT2D eigenvalue weighted by Gasteiger charge is -2.35. The molecule has 2 atom stereocenters. The molecule has 0 aliphatic carbocycles. The molecule has 0 aromatic rings. The Kier molecular flexibility index (Phi) is 3.78. The third-order valence-corrected chi connectivity index (χ3v) is 3.22. The molecule has 106 valence electrons. The molecule has 0 saturated carbocycles. The predicted octanol–water partition coefficient (Wildman–Crippen LogP) is 1.03. The van der Waals surface area contributed by atoms with E-state index in [0.29, 0.717) is 12.2 Å². The van der Waals surface area contributed by atoms with Crippen LogP contribution in [0.15, 0.2) is 11.8 Å². The number of hydrogen-bond acceptors (Lipinski definition) is 5. The minimum absolute atomic E-state index is 0.0126.